The summed E-state index contributed by atoms with van der Waals surface area (Å²) in [7, 11) is 8.26. The lowest BCUT2D eigenvalue weighted by atomic mass is 10.1. The van der Waals surface area contributed by atoms with Crippen LogP contribution in [0, 0.1) is 0 Å². The number of nitrogens with one attached hydrogen (secondary N) is 1. The molecule has 1 aromatic carbocycles. The first kappa shape index (κ1) is 14.8. The molecule has 0 fully saturated rings. The average molecular weight is 272 g/mol. The zero-order valence-electron chi connectivity index (χ0n) is 12.8. The summed E-state index contributed by atoms with van der Waals surface area (Å²) in [5, 5.41) is 5.71. The largest absolute Gasteiger partial charge is 0.358 e. The summed E-state index contributed by atoms with van der Waals surface area (Å²) in [6, 6.07) is 8.50. The van der Waals surface area contributed by atoms with Crippen molar-refractivity contribution in [2.45, 2.75) is 6.54 Å². The molecule has 4 heteroatoms. The third-order valence-corrected chi connectivity index (χ3v) is 3.47. The Hall–Kier alpha value is -1.65. The predicted octanol–water partition coefficient (Wildman–Crippen LogP) is 1.95. The van der Waals surface area contributed by atoms with Gasteiger partial charge in [0.2, 0.25) is 0 Å². The van der Waals surface area contributed by atoms with Crippen molar-refractivity contribution in [2.24, 2.45) is 0 Å². The van der Waals surface area contributed by atoms with E-state index < -0.39 is 0 Å². The van der Waals surface area contributed by atoms with Crippen LogP contribution in [0.15, 0.2) is 30.5 Å². The molecule has 0 unspecified atom stereocenters. The van der Waals surface area contributed by atoms with Gasteiger partial charge in [-0.1, -0.05) is 24.3 Å². The molecule has 0 aliphatic heterocycles. The highest BCUT2D eigenvalue weighted by Gasteiger charge is 2.10. The Morgan fingerprint density at radius 2 is 1.75 bits per heavy atom. The first-order valence-electron chi connectivity index (χ1n) is 7.00. The fourth-order valence-electron chi connectivity index (χ4n) is 2.33. The van der Waals surface area contributed by atoms with E-state index in [1.54, 1.807) is 0 Å². The molecule has 0 saturated carbocycles. The summed E-state index contributed by atoms with van der Waals surface area (Å²) in [6.45, 7) is 2.83. The molecule has 1 N–H and O–H groups in total. The lowest BCUT2D eigenvalue weighted by Gasteiger charge is -2.22. The van der Waals surface area contributed by atoms with Gasteiger partial charge in [-0.3, -0.25) is 0 Å². The minimum atomic E-state index is 0.842. The predicted molar refractivity (Wildman–Crippen MR) is 86.3 cm³/mol. The Bertz CT molecular complexity index is 565. The zero-order valence-corrected chi connectivity index (χ0v) is 12.8. The number of benzene rings is 1. The molecule has 0 saturated heterocycles. The summed E-state index contributed by atoms with van der Waals surface area (Å²) in [5.41, 5.74) is 1.24. The number of rotatable bonds is 6. The number of hydrogen-bond acceptors (Lipinski definition) is 4. The fraction of sp³-hybridized carbons (Fsp3) is 0.438. The summed E-state index contributed by atoms with van der Waals surface area (Å²) in [6.07, 6.45) is 1.99. The van der Waals surface area contributed by atoms with Gasteiger partial charge in [-0.15, -0.1) is 0 Å². The number of pyridine rings is 1. The molecule has 0 atom stereocenters. The lowest BCUT2D eigenvalue weighted by Crippen LogP contribution is -2.29. The van der Waals surface area contributed by atoms with E-state index in [0.29, 0.717) is 0 Å². The van der Waals surface area contributed by atoms with E-state index in [-0.39, 0.29) is 0 Å². The van der Waals surface area contributed by atoms with Crippen LogP contribution >= 0.6 is 0 Å². The van der Waals surface area contributed by atoms with Crippen molar-refractivity contribution >= 4 is 16.6 Å². The van der Waals surface area contributed by atoms with E-state index >= 15 is 0 Å². The quantitative estimate of drug-likeness (QED) is 0.871. The van der Waals surface area contributed by atoms with E-state index in [4.69, 9.17) is 0 Å². The van der Waals surface area contributed by atoms with Crippen LogP contribution in [0.1, 0.15) is 5.56 Å². The summed E-state index contributed by atoms with van der Waals surface area (Å²) >= 11 is 0. The Labute approximate surface area is 121 Å². The van der Waals surface area contributed by atoms with Crippen LogP contribution in [0.4, 0.5) is 5.82 Å². The number of anilines is 1. The highest BCUT2D eigenvalue weighted by atomic mass is 15.2. The first-order chi connectivity index (χ1) is 9.63. The van der Waals surface area contributed by atoms with Crippen LogP contribution in [-0.4, -0.2) is 51.2 Å². The van der Waals surface area contributed by atoms with Crippen LogP contribution in [0.3, 0.4) is 0 Å². The molecule has 2 rings (SSSR count). The maximum atomic E-state index is 4.67. The second kappa shape index (κ2) is 6.68. The smallest absolute Gasteiger partial charge is 0.136 e. The number of aromatic nitrogens is 1. The van der Waals surface area contributed by atoms with E-state index in [0.717, 1.165) is 25.5 Å². The van der Waals surface area contributed by atoms with Crippen LogP contribution in [0.5, 0.6) is 0 Å². The zero-order chi connectivity index (χ0) is 14.5. The SMILES string of the molecule is CNCc1cnc(N(C)CCN(C)C)c2ccccc12. The second-order valence-corrected chi connectivity index (χ2v) is 5.41. The molecule has 0 aliphatic rings. The van der Waals surface area contributed by atoms with Crippen LogP contribution in [0.25, 0.3) is 10.8 Å². The van der Waals surface area contributed by atoms with E-state index in [1.807, 2.05) is 13.2 Å². The topological polar surface area (TPSA) is 31.4 Å². The monoisotopic (exact) mass is 272 g/mol. The Balaban J connectivity index is 2.37. The van der Waals surface area contributed by atoms with Crippen molar-refractivity contribution < 1.29 is 0 Å². The van der Waals surface area contributed by atoms with Gasteiger partial charge in [0.1, 0.15) is 5.82 Å². The highest BCUT2D eigenvalue weighted by molar-refractivity contribution is 5.94. The average Bonchev–Trinajstić information content (AvgIpc) is 2.45. The molecule has 0 radical (unpaired) electrons. The van der Waals surface area contributed by atoms with E-state index in [2.05, 4.69) is 65.5 Å². The minimum Gasteiger partial charge on any atom is -0.358 e. The Morgan fingerprint density at radius 1 is 1.05 bits per heavy atom. The number of fused-ring (bicyclic) bond motifs is 1. The van der Waals surface area contributed by atoms with Gasteiger partial charge in [-0.2, -0.15) is 0 Å². The van der Waals surface area contributed by atoms with Gasteiger partial charge in [0.15, 0.2) is 0 Å². The summed E-state index contributed by atoms with van der Waals surface area (Å²) < 4.78 is 0. The van der Waals surface area contributed by atoms with Crippen molar-refractivity contribution in [3.05, 3.63) is 36.0 Å². The number of likely N-dealkylation sites (N-methyl/N-ethyl adjacent to an activating group) is 2. The normalized spacial score (nSPS) is 11.2. The summed E-state index contributed by atoms with van der Waals surface area (Å²) in [5.74, 6) is 1.06. The standard InChI is InChI=1S/C16H24N4/c1-17-11-13-12-18-16(20(4)10-9-19(2)3)15-8-6-5-7-14(13)15/h5-8,12,17H,9-11H2,1-4H3. The molecule has 108 valence electrons. The van der Waals surface area contributed by atoms with Gasteiger partial charge < -0.3 is 15.1 Å². The van der Waals surface area contributed by atoms with E-state index in [1.165, 1.54) is 16.3 Å². The van der Waals surface area contributed by atoms with Crippen molar-refractivity contribution in [2.75, 3.05) is 46.2 Å². The molecule has 2 aromatic rings. The third-order valence-electron chi connectivity index (χ3n) is 3.47. The Morgan fingerprint density at radius 3 is 2.40 bits per heavy atom. The van der Waals surface area contributed by atoms with Crippen molar-refractivity contribution in [1.82, 2.24) is 15.2 Å². The Kier molecular flexibility index (Phi) is 4.93. The molecule has 1 heterocycles. The molecule has 0 amide bonds. The van der Waals surface area contributed by atoms with Crippen LogP contribution < -0.4 is 10.2 Å². The van der Waals surface area contributed by atoms with Crippen molar-refractivity contribution in [3.8, 4) is 0 Å². The highest BCUT2D eigenvalue weighted by Crippen LogP contribution is 2.26. The lowest BCUT2D eigenvalue weighted by molar-refractivity contribution is 0.416. The van der Waals surface area contributed by atoms with Crippen LogP contribution in [0.2, 0.25) is 0 Å². The first-order valence-corrected chi connectivity index (χ1v) is 7.00. The van der Waals surface area contributed by atoms with Gasteiger partial charge in [0.25, 0.3) is 0 Å². The molecule has 0 spiro atoms. The number of hydrogen-bond donors (Lipinski definition) is 1. The molecule has 1 aromatic heterocycles. The second-order valence-electron chi connectivity index (χ2n) is 5.41. The van der Waals surface area contributed by atoms with Crippen molar-refractivity contribution in [3.63, 3.8) is 0 Å². The molecule has 0 aliphatic carbocycles. The van der Waals surface area contributed by atoms with E-state index in [9.17, 15) is 0 Å². The number of nitrogens with zero attached hydrogens (tertiary/aromatic N) is 3. The van der Waals surface area contributed by atoms with Gasteiger partial charge in [-0.25, -0.2) is 4.98 Å². The maximum absolute atomic E-state index is 4.67. The van der Waals surface area contributed by atoms with Crippen LogP contribution in [-0.2, 0) is 6.54 Å². The van der Waals surface area contributed by atoms with Gasteiger partial charge in [0.05, 0.1) is 0 Å². The fourth-order valence-corrected chi connectivity index (χ4v) is 2.33. The molecule has 0 bridgehead atoms. The third kappa shape index (κ3) is 3.26. The molecule has 4 nitrogen and oxygen atoms in total. The molecular formula is C16H24N4. The summed E-state index contributed by atoms with van der Waals surface area (Å²) in [4.78, 5) is 9.09. The van der Waals surface area contributed by atoms with Crippen molar-refractivity contribution in [1.29, 1.82) is 0 Å². The minimum absolute atomic E-state index is 0.842. The van der Waals surface area contributed by atoms with Gasteiger partial charge in [0, 0.05) is 38.3 Å². The molecule has 20 heavy (non-hydrogen) atoms. The maximum Gasteiger partial charge on any atom is 0.136 e. The van der Waals surface area contributed by atoms with Gasteiger partial charge >= 0.3 is 0 Å². The van der Waals surface area contributed by atoms with Gasteiger partial charge in [-0.05, 0) is 32.1 Å². The molecular weight excluding hydrogens is 248 g/mol.